The van der Waals surface area contributed by atoms with E-state index >= 15 is 0 Å². The van der Waals surface area contributed by atoms with Gasteiger partial charge in [-0.2, -0.15) is 0 Å². The van der Waals surface area contributed by atoms with Crippen LogP contribution in [0.4, 0.5) is 16.2 Å². The molecule has 2 aromatic rings. The van der Waals surface area contributed by atoms with E-state index in [1.54, 1.807) is 37.5 Å². The fourth-order valence-corrected chi connectivity index (χ4v) is 2.31. The number of carbonyl (C=O) groups excluding carboxylic acids is 2. The van der Waals surface area contributed by atoms with Crippen molar-refractivity contribution in [2.75, 3.05) is 31.4 Å². The number of carbonyl (C=O) groups is 2. The lowest BCUT2D eigenvalue weighted by molar-refractivity contribution is -0.111. The quantitative estimate of drug-likeness (QED) is 0.604. The molecule has 0 spiro atoms. The zero-order valence-corrected chi connectivity index (χ0v) is 16.2. The zero-order chi connectivity index (χ0) is 20.4. The van der Waals surface area contributed by atoms with E-state index in [2.05, 4.69) is 16.0 Å². The number of hydrogen-bond acceptors (Lipinski definition) is 4. The molecule has 28 heavy (non-hydrogen) atoms. The molecule has 0 heterocycles. The second-order valence-corrected chi connectivity index (χ2v) is 5.86. The number of anilines is 2. The first kappa shape index (κ1) is 20.8. The molecule has 0 atom stereocenters. The normalized spacial score (nSPS) is 10.4. The van der Waals surface area contributed by atoms with Crippen molar-refractivity contribution in [1.29, 1.82) is 0 Å². The van der Waals surface area contributed by atoms with E-state index in [1.807, 2.05) is 25.1 Å². The minimum Gasteiger partial charge on any atom is -0.493 e. The average Bonchev–Trinajstić information content (AvgIpc) is 2.72. The van der Waals surface area contributed by atoms with Crippen LogP contribution in [0, 0.1) is 0 Å². The van der Waals surface area contributed by atoms with Crippen molar-refractivity contribution in [2.45, 2.75) is 13.3 Å². The first-order valence-corrected chi connectivity index (χ1v) is 8.94. The zero-order valence-electron chi connectivity index (χ0n) is 16.2. The van der Waals surface area contributed by atoms with E-state index in [9.17, 15) is 9.59 Å². The van der Waals surface area contributed by atoms with Gasteiger partial charge in [0.25, 0.3) is 0 Å². The van der Waals surface area contributed by atoms with Crippen LogP contribution in [0.1, 0.15) is 18.9 Å². The molecule has 0 aromatic heterocycles. The molecule has 7 heteroatoms. The predicted molar refractivity (Wildman–Crippen MR) is 111 cm³/mol. The molecule has 3 amide bonds. The molecule has 2 rings (SSSR count). The monoisotopic (exact) mass is 383 g/mol. The van der Waals surface area contributed by atoms with Gasteiger partial charge in [0.15, 0.2) is 11.5 Å². The Kier molecular flexibility index (Phi) is 7.90. The van der Waals surface area contributed by atoms with Crippen LogP contribution in [0.5, 0.6) is 11.5 Å². The van der Waals surface area contributed by atoms with Crippen LogP contribution in [-0.2, 0) is 4.79 Å². The maximum absolute atomic E-state index is 12.1. The second kappa shape index (κ2) is 10.6. The Labute approximate surface area is 164 Å². The molecular formula is C21H25N3O4. The van der Waals surface area contributed by atoms with Gasteiger partial charge in [0.1, 0.15) is 0 Å². The standard InChI is InChI=1S/C21H25N3O4/c1-4-13-28-18-11-5-15(14-19(18)27-3)6-12-20(25)23-16-7-9-17(10-8-16)24-21(26)22-2/h5-12,14H,4,13H2,1-3H3,(H,23,25)(H2,22,24,26)/b12-6+. The first-order valence-electron chi connectivity index (χ1n) is 8.94. The van der Waals surface area contributed by atoms with Crippen LogP contribution in [0.2, 0.25) is 0 Å². The van der Waals surface area contributed by atoms with Crippen LogP contribution < -0.4 is 25.4 Å². The van der Waals surface area contributed by atoms with Crippen LogP contribution in [0.25, 0.3) is 6.08 Å². The molecule has 0 unspecified atom stereocenters. The van der Waals surface area contributed by atoms with Crippen molar-refractivity contribution in [2.24, 2.45) is 0 Å². The minimum absolute atomic E-state index is 0.266. The summed E-state index contributed by atoms with van der Waals surface area (Å²) >= 11 is 0. The Balaban J connectivity index is 1.96. The average molecular weight is 383 g/mol. The van der Waals surface area contributed by atoms with Crippen molar-refractivity contribution in [3.05, 3.63) is 54.1 Å². The third-order valence-corrected chi connectivity index (χ3v) is 3.71. The van der Waals surface area contributed by atoms with Gasteiger partial charge in [-0.1, -0.05) is 13.0 Å². The molecule has 148 valence electrons. The summed E-state index contributed by atoms with van der Waals surface area (Å²) in [5, 5.41) is 7.88. The molecule has 0 aliphatic carbocycles. The van der Waals surface area contributed by atoms with Gasteiger partial charge < -0.3 is 25.4 Å². The van der Waals surface area contributed by atoms with Gasteiger partial charge in [-0.3, -0.25) is 4.79 Å². The summed E-state index contributed by atoms with van der Waals surface area (Å²) in [6.45, 7) is 2.65. The fourth-order valence-electron chi connectivity index (χ4n) is 2.31. The van der Waals surface area contributed by atoms with Crippen molar-refractivity contribution in [1.82, 2.24) is 5.32 Å². The Morgan fingerprint density at radius 2 is 1.68 bits per heavy atom. The predicted octanol–water partition coefficient (Wildman–Crippen LogP) is 3.89. The van der Waals surface area contributed by atoms with Crippen LogP contribution in [-0.4, -0.2) is 32.7 Å². The SMILES string of the molecule is CCCOc1ccc(/C=C/C(=O)Nc2ccc(NC(=O)NC)cc2)cc1OC. The first-order chi connectivity index (χ1) is 13.5. The summed E-state index contributed by atoms with van der Waals surface area (Å²) in [5.41, 5.74) is 2.07. The van der Waals surface area contributed by atoms with Crippen LogP contribution in [0.3, 0.4) is 0 Å². The second-order valence-electron chi connectivity index (χ2n) is 5.86. The van der Waals surface area contributed by atoms with Crippen LogP contribution >= 0.6 is 0 Å². The van der Waals surface area contributed by atoms with E-state index in [1.165, 1.54) is 13.1 Å². The summed E-state index contributed by atoms with van der Waals surface area (Å²) in [4.78, 5) is 23.4. The number of hydrogen-bond donors (Lipinski definition) is 3. The fraction of sp³-hybridized carbons (Fsp3) is 0.238. The highest BCUT2D eigenvalue weighted by Gasteiger charge is 2.05. The third-order valence-electron chi connectivity index (χ3n) is 3.71. The molecule has 0 saturated heterocycles. The molecule has 0 bridgehead atoms. The summed E-state index contributed by atoms with van der Waals surface area (Å²) in [5.74, 6) is 1.03. The summed E-state index contributed by atoms with van der Waals surface area (Å²) in [7, 11) is 3.12. The summed E-state index contributed by atoms with van der Waals surface area (Å²) in [6.07, 6.45) is 4.05. The van der Waals surface area contributed by atoms with E-state index in [-0.39, 0.29) is 11.9 Å². The van der Waals surface area contributed by atoms with Crippen molar-refractivity contribution >= 4 is 29.4 Å². The topological polar surface area (TPSA) is 88.7 Å². The van der Waals surface area contributed by atoms with Gasteiger partial charge in [-0.15, -0.1) is 0 Å². The van der Waals surface area contributed by atoms with Crippen LogP contribution in [0.15, 0.2) is 48.5 Å². The smallest absolute Gasteiger partial charge is 0.318 e. The number of nitrogens with one attached hydrogen (secondary N) is 3. The summed E-state index contributed by atoms with van der Waals surface area (Å²) < 4.78 is 11.0. The van der Waals surface area contributed by atoms with Gasteiger partial charge in [0.05, 0.1) is 13.7 Å². The molecule has 0 saturated carbocycles. The molecular weight excluding hydrogens is 358 g/mol. The van der Waals surface area contributed by atoms with Crippen molar-refractivity contribution < 1.29 is 19.1 Å². The molecule has 2 aromatic carbocycles. The van der Waals surface area contributed by atoms with Crippen molar-refractivity contribution in [3.63, 3.8) is 0 Å². The Morgan fingerprint density at radius 3 is 2.29 bits per heavy atom. The Hall–Kier alpha value is -3.48. The Bertz CT molecular complexity index is 832. The lowest BCUT2D eigenvalue weighted by Gasteiger charge is -2.10. The maximum Gasteiger partial charge on any atom is 0.318 e. The van der Waals surface area contributed by atoms with E-state index < -0.39 is 0 Å². The van der Waals surface area contributed by atoms with Gasteiger partial charge >= 0.3 is 6.03 Å². The molecule has 0 radical (unpaired) electrons. The van der Waals surface area contributed by atoms with Gasteiger partial charge in [0.2, 0.25) is 5.91 Å². The minimum atomic E-state index is -0.304. The number of ether oxygens (including phenoxy) is 2. The number of amides is 3. The number of rotatable bonds is 8. The molecule has 0 aliphatic rings. The number of methoxy groups -OCH3 is 1. The lowest BCUT2D eigenvalue weighted by atomic mass is 10.2. The third kappa shape index (κ3) is 6.35. The molecule has 0 fully saturated rings. The molecule has 7 nitrogen and oxygen atoms in total. The molecule has 0 aliphatic heterocycles. The Morgan fingerprint density at radius 1 is 1.00 bits per heavy atom. The summed E-state index contributed by atoms with van der Waals surface area (Å²) in [6, 6.07) is 12.0. The van der Waals surface area contributed by atoms with Crippen molar-refractivity contribution in [3.8, 4) is 11.5 Å². The lowest BCUT2D eigenvalue weighted by Crippen LogP contribution is -2.24. The number of benzene rings is 2. The van der Waals surface area contributed by atoms with Gasteiger partial charge in [-0.25, -0.2) is 4.79 Å². The maximum atomic E-state index is 12.1. The number of urea groups is 1. The molecule has 3 N–H and O–H groups in total. The van der Waals surface area contributed by atoms with E-state index in [4.69, 9.17) is 9.47 Å². The highest BCUT2D eigenvalue weighted by molar-refractivity contribution is 6.02. The van der Waals surface area contributed by atoms with E-state index in [0.29, 0.717) is 29.5 Å². The van der Waals surface area contributed by atoms with Gasteiger partial charge in [0, 0.05) is 24.5 Å². The highest BCUT2D eigenvalue weighted by atomic mass is 16.5. The highest BCUT2D eigenvalue weighted by Crippen LogP contribution is 2.28. The van der Waals surface area contributed by atoms with Gasteiger partial charge in [-0.05, 0) is 54.5 Å². The van der Waals surface area contributed by atoms with E-state index in [0.717, 1.165) is 12.0 Å². The largest absolute Gasteiger partial charge is 0.493 e.